The van der Waals surface area contributed by atoms with E-state index in [0.29, 0.717) is 0 Å². The van der Waals surface area contributed by atoms with Gasteiger partial charge in [0.1, 0.15) is 10.0 Å². The minimum atomic E-state index is -1.35. The second-order valence-corrected chi connectivity index (χ2v) is 4.80. The molecule has 0 saturated heterocycles. The predicted octanol–water partition coefficient (Wildman–Crippen LogP) is -1.87. The maximum Gasteiger partial charge on any atom is 0.283 e. The van der Waals surface area contributed by atoms with Gasteiger partial charge < -0.3 is 25.7 Å². The number of nitrogens with zero attached hydrogens (tertiary/aromatic N) is 2. The van der Waals surface area contributed by atoms with Gasteiger partial charge in [-0.05, 0) is 15.9 Å². The number of aliphatic hydroxyl groups excluding tert-OH is 4. The monoisotopic (exact) mass is 337 g/mol. The van der Waals surface area contributed by atoms with Crippen LogP contribution >= 0.6 is 15.9 Å². The summed E-state index contributed by atoms with van der Waals surface area (Å²) in [7, 11) is 0. The first-order valence-electron chi connectivity index (χ1n) is 5.51. The highest BCUT2D eigenvalue weighted by atomic mass is 79.9. The van der Waals surface area contributed by atoms with Crippen molar-refractivity contribution in [3.05, 3.63) is 21.0 Å². The van der Waals surface area contributed by atoms with Crippen LogP contribution in [0.15, 0.2) is 15.5 Å². The van der Waals surface area contributed by atoms with Crippen LogP contribution in [0.25, 0.3) is 0 Å². The van der Waals surface area contributed by atoms with Crippen molar-refractivity contribution in [3.8, 4) is 0 Å². The van der Waals surface area contributed by atoms with Gasteiger partial charge in [0.25, 0.3) is 5.56 Å². The van der Waals surface area contributed by atoms with Crippen molar-refractivity contribution >= 4 is 21.6 Å². The fourth-order valence-corrected chi connectivity index (χ4v) is 1.77. The third-order valence-electron chi connectivity index (χ3n) is 2.60. The molecule has 1 heterocycles. The Bertz CT molecular complexity index is 466. The van der Waals surface area contributed by atoms with Crippen molar-refractivity contribution in [1.82, 2.24) is 9.78 Å². The zero-order chi connectivity index (χ0) is 14.5. The molecule has 5 N–H and O–H groups in total. The lowest BCUT2D eigenvalue weighted by atomic mass is 10.0. The molecule has 9 heteroatoms. The molecule has 0 unspecified atom stereocenters. The van der Waals surface area contributed by atoms with Crippen LogP contribution in [0.5, 0.6) is 0 Å². The van der Waals surface area contributed by atoms with E-state index >= 15 is 0 Å². The largest absolute Gasteiger partial charge is 0.394 e. The maximum atomic E-state index is 11.8. The number of nitrogens with one attached hydrogen (secondary N) is 1. The predicted molar refractivity (Wildman–Crippen MR) is 70.9 cm³/mol. The first-order valence-corrected chi connectivity index (χ1v) is 6.30. The fraction of sp³-hybridized carbons (Fsp3) is 0.600. The number of aromatic nitrogens is 2. The molecule has 19 heavy (non-hydrogen) atoms. The summed E-state index contributed by atoms with van der Waals surface area (Å²) in [6.07, 6.45) is 1.30. The molecule has 1 aromatic rings. The summed E-state index contributed by atoms with van der Waals surface area (Å²) in [6, 6.07) is 0. The molecular formula is C10H16BrN3O5. The maximum absolute atomic E-state index is 11.8. The quantitative estimate of drug-likeness (QED) is 0.394. The summed E-state index contributed by atoms with van der Waals surface area (Å²) >= 11 is 3.08. The molecule has 0 amide bonds. The van der Waals surface area contributed by atoms with Crippen LogP contribution in [-0.2, 0) is 6.54 Å². The van der Waals surface area contributed by atoms with Crippen molar-refractivity contribution in [2.24, 2.45) is 0 Å². The number of hydrogen-bond donors (Lipinski definition) is 5. The Morgan fingerprint density at radius 2 is 1.84 bits per heavy atom. The highest BCUT2D eigenvalue weighted by molar-refractivity contribution is 9.10. The van der Waals surface area contributed by atoms with Crippen LogP contribution in [0.4, 0.5) is 5.69 Å². The van der Waals surface area contributed by atoms with E-state index in [-0.39, 0.29) is 23.3 Å². The lowest BCUT2D eigenvalue weighted by molar-refractivity contribution is 0.0833. The topological polar surface area (TPSA) is 128 Å². The molecule has 0 saturated carbocycles. The SMILES string of the molecule is O=c1c(Br)c(NC(CO)(CO)CO)cnn1CCO. The number of rotatable bonds is 7. The van der Waals surface area contributed by atoms with Gasteiger partial charge in [-0.15, -0.1) is 0 Å². The van der Waals surface area contributed by atoms with Crippen molar-refractivity contribution in [2.45, 2.75) is 12.1 Å². The zero-order valence-corrected chi connectivity index (χ0v) is 11.7. The van der Waals surface area contributed by atoms with E-state index in [1.807, 2.05) is 0 Å². The Morgan fingerprint density at radius 1 is 1.26 bits per heavy atom. The van der Waals surface area contributed by atoms with Crippen LogP contribution in [-0.4, -0.2) is 62.2 Å². The molecule has 8 nitrogen and oxygen atoms in total. The number of anilines is 1. The van der Waals surface area contributed by atoms with Crippen LogP contribution in [0.3, 0.4) is 0 Å². The fourth-order valence-electron chi connectivity index (χ4n) is 1.36. The molecule has 0 atom stereocenters. The minimum absolute atomic E-state index is 0.0584. The van der Waals surface area contributed by atoms with Crippen LogP contribution in [0.1, 0.15) is 0 Å². The Labute approximate surface area is 117 Å². The summed E-state index contributed by atoms with van der Waals surface area (Å²) in [4.78, 5) is 11.8. The number of halogens is 1. The van der Waals surface area contributed by atoms with Crippen molar-refractivity contribution in [1.29, 1.82) is 0 Å². The molecule has 108 valence electrons. The summed E-state index contributed by atoms with van der Waals surface area (Å²) in [6.45, 7) is -1.73. The molecule has 1 rings (SSSR count). The van der Waals surface area contributed by atoms with E-state index in [4.69, 9.17) is 5.11 Å². The van der Waals surface area contributed by atoms with E-state index < -0.39 is 30.9 Å². The van der Waals surface area contributed by atoms with Crippen LogP contribution in [0.2, 0.25) is 0 Å². The second-order valence-electron chi connectivity index (χ2n) is 4.00. The normalized spacial score (nSPS) is 11.6. The van der Waals surface area contributed by atoms with Gasteiger partial charge in [-0.1, -0.05) is 0 Å². The molecule has 0 bridgehead atoms. The third-order valence-corrected chi connectivity index (χ3v) is 3.37. The van der Waals surface area contributed by atoms with Crippen molar-refractivity contribution in [3.63, 3.8) is 0 Å². The van der Waals surface area contributed by atoms with Crippen LogP contribution < -0.4 is 10.9 Å². The van der Waals surface area contributed by atoms with Gasteiger partial charge in [-0.3, -0.25) is 4.79 Å². The highest BCUT2D eigenvalue weighted by Crippen LogP contribution is 2.20. The lowest BCUT2D eigenvalue weighted by Crippen LogP contribution is -2.49. The molecule has 0 radical (unpaired) electrons. The van der Waals surface area contributed by atoms with E-state index in [9.17, 15) is 20.1 Å². The summed E-state index contributed by atoms with van der Waals surface area (Å²) in [5, 5.41) is 42.9. The second kappa shape index (κ2) is 6.96. The average Bonchev–Trinajstić information content (AvgIpc) is 2.44. The molecule has 0 fully saturated rings. The van der Waals surface area contributed by atoms with Crippen molar-refractivity contribution < 1.29 is 20.4 Å². The Kier molecular flexibility index (Phi) is 5.88. The molecule has 0 aliphatic carbocycles. The zero-order valence-electron chi connectivity index (χ0n) is 10.1. The minimum Gasteiger partial charge on any atom is -0.394 e. The first-order chi connectivity index (χ1) is 9.03. The van der Waals surface area contributed by atoms with Crippen molar-refractivity contribution in [2.75, 3.05) is 31.7 Å². The van der Waals surface area contributed by atoms with Gasteiger partial charge >= 0.3 is 0 Å². The average molecular weight is 338 g/mol. The molecule has 1 aromatic heterocycles. The smallest absolute Gasteiger partial charge is 0.283 e. The van der Waals surface area contributed by atoms with Crippen LogP contribution in [0, 0.1) is 0 Å². The van der Waals surface area contributed by atoms with E-state index in [0.717, 1.165) is 4.68 Å². The lowest BCUT2D eigenvalue weighted by Gasteiger charge is -2.30. The summed E-state index contributed by atoms with van der Waals surface area (Å²) in [5.41, 5.74) is -1.59. The van der Waals surface area contributed by atoms with E-state index in [1.165, 1.54) is 6.20 Å². The van der Waals surface area contributed by atoms with Gasteiger partial charge in [0.05, 0.1) is 44.9 Å². The van der Waals surface area contributed by atoms with Gasteiger partial charge in [-0.2, -0.15) is 5.10 Å². The molecule has 0 aliphatic heterocycles. The van der Waals surface area contributed by atoms with Gasteiger partial charge in [0.2, 0.25) is 0 Å². The Hall–Kier alpha value is -1.00. The Balaban J connectivity index is 3.09. The number of aliphatic hydroxyl groups is 4. The Morgan fingerprint density at radius 3 is 2.32 bits per heavy atom. The molecule has 0 aromatic carbocycles. The highest BCUT2D eigenvalue weighted by Gasteiger charge is 2.29. The third kappa shape index (κ3) is 3.51. The summed E-state index contributed by atoms with van der Waals surface area (Å²) < 4.78 is 1.20. The standard InChI is InChI=1S/C10H16BrN3O5/c11-8-7(13-10(4-16,5-17)6-18)3-12-14(1-2-15)9(8)19/h3,13,15-18H,1-2,4-6H2. The van der Waals surface area contributed by atoms with Gasteiger partial charge in [0.15, 0.2) is 0 Å². The summed E-state index contributed by atoms with van der Waals surface area (Å²) in [5.74, 6) is 0. The molecule has 0 aliphatic rings. The molecular weight excluding hydrogens is 322 g/mol. The first kappa shape index (κ1) is 16.1. The van der Waals surface area contributed by atoms with E-state index in [2.05, 4.69) is 26.3 Å². The number of hydrogen-bond acceptors (Lipinski definition) is 7. The van der Waals surface area contributed by atoms with E-state index in [1.54, 1.807) is 0 Å². The van der Waals surface area contributed by atoms with Gasteiger partial charge in [-0.25, -0.2) is 4.68 Å². The molecule has 0 spiro atoms. The van der Waals surface area contributed by atoms with Gasteiger partial charge in [0, 0.05) is 0 Å².